The molecule has 1 aliphatic heterocycles. The van der Waals surface area contributed by atoms with E-state index in [4.69, 9.17) is 5.11 Å². The molecule has 0 aromatic heterocycles. The topological polar surface area (TPSA) is 124 Å². The second-order valence-corrected chi connectivity index (χ2v) is 7.82. The molecule has 1 unspecified atom stereocenters. The van der Waals surface area contributed by atoms with Gasteiger partial charge in [0.15, 0.2) is 0 Å². The highest BCUT2D eigenvalue weighted by Crippen LogP contribution is 2.34. The van der Waals surface area contributed by atoms with Crippen molar-refractivity contribution in [3.63, 3.8) is 0 Å². The maximum absolute atomic E-state index is 12.9. The maximum Gasteiger partial charge on any atom is 0.417 e. The SMILES string of the molecule is O=[N+]([O-])c1cc(C(F)(F)F)[c]c(S(=O)(=O)N2CCN(CC(O)CO)CC2)c1. The highest BCUT2D eigenvalue weighted by atomic mass is 32.2. The number of aliphatic hydroxyl groups excluding tert-OH is 2. The summed E-state index contributed by atoms with van der Waals surface area (Å²) in [7, 11) is -4.42. The van der Waals surface area contributed by atoms with Crippen LogP contribution in [-0.4, -0.2) is 78.2 Å². The molecule has 2 rings (SSSR count). The van der Waals surface area contributed by atoms with E-state index in [1.807, 2.05) is 0 Å². The van der Waals surface area contributed by atoms with Crippen LogP contribution in [0.4, 0.5) is 18.9 Å². The zero-order valence-corrected chi connectivity index (χ0v) is 14.7. The Kier molecular flexibility index (Phi) is 6.42. The van der Waals surface area contributed by atoms with E-state index in [-0.39, 0.29) is 38.8 Å². The fraction of sp³-hybridized carbons (Fsp3) is 0.571. The van der Waals surface area contributed by atoms with Gasteiger partial charge in [-0.1, -0.05) is 0 Å². The van der Waals surface area contributed by atoms with Gasteiger partial charge in [-0.3, -0.25) is 15.0 Å². The molecule has 151 valence electrons. The second-order valence-electron chi connectivity index (χ2n) is 5.91. The fourth-order valence-electron chi connectivity index (χ4n) is 2.57. The monoisotopic (exact) mass is 412 g/mol. The number of piperazine rings is 1. The highest BCUT2D eigenvalue weighted by molar-refractivity contribution is 7.89. The van der Waals surface area contributed by atoms with E-state index in [1.165, 1.54) is 0 Å². The second kappa shape index (κ2) is 8.06. The molecule has 0 spiro atoms. The molecule has 1 heterocycles. The fourth-order valence-corrected chi connectivity index (χ4v) is 4.00. The number of benzene rings is 1. The first-order valence-corrected chi connectivity index (χ1v) is 9.19. The van der Waals surface area contributed by atoms with Crippen LogP contribution in [0.3, 0.4) is 0 Å². The van der Waals surface area contributed by atoms with Crippen LogP contribution >= 0.6 is 0 Å². The number of nitro benzene ring substituents is 1. The number of aliphatic hydroxyl groups is 2. The molecule has 1 aromatic carbocycles. The predicted octanol–water partition coefficient (Wildman–Crippen LogP) is 0.0733. The first kappa shape index (κ1) is 21.5. The third-order valence-corrected chi connectivity index (χ3v) is 5.79. The van der Waals surface area contributed by atoms with Crippen LogP contribution in [0.5, 0.6) is 0 Å². The summed E-state index contributed by atoms with van der Waals surface area (Å²) in [6, 6.07) is 2.50. The molecule has 1 atom stereocenters. The van der Waals surface area contributed by atoms with Gasteiger partial charge in [-0.15, -0.1) is 0 Å². The molecule has 1 saturated heterocycles. The molecule has 27 heavy (non-hydrogen) atoms. The van der Waals surface area contributed by atoms with Gasteiger partial charge < -0.3 is 10.2 Å². The van der Waals surface area contributed by atoms with Gasteiger partial charge in [-0.2, -0.15) is 17.5 Å². The summed E-state index contributed by atoms with van der Waals surface area (Å²) < 4.78 is 65.0. The lowest BCUT2D eigenvalue weighted by atomic mass is 10.2. The third-order valence-electron chi connectivity index (χ3n) is 3.97. The van der Waals surface area contributed by atoms with Crippen molar-refractivity contribution in [3.8, 4) is 0 Å². The summed E-state index contributed by atoms with van der Waals surface area (Å²) in [4.78, 5) is 10.5. The van der Waals surface area contributed by atoms with Crippen molar-refractivity contribution < 1.29 is 36.7 Å². The molecular weight excluding hydrogens is 395 g/mol. The molecule has 0 aliphatic carbocycles. The van der Waals surface area contributed by atoms with E-state index in [1.54, 1.807) is 11.0 Å². The Balaban J connectivity index is 2.27. The molecule has 1 aromatic rings. The first-order chi connectivity index (χ1) is 12.4. The summed E-state index contributed by atoms with van der Waals surface area (Å²) in [6.45, 7) is -0.154. The molecule has 0 amide bonds. The first-order valence-electron chi connectivity index (χ1n) is 7.75. The van der Waals surface area contributed by atoms with Crippen molar-refractivity contribution >= 4 is 15.7 Å². The molecule has 1 aliphatic rings. The normalized spacial score (nSPS) is 18.4. The van der Waals surface area contributed by atoms with E-state index in [0.29, 0.717) is 6.07 Å². The molecule has 0 bridgehead atoms. The Bertz CT molecular complexity index is 794. The van der Waals surface area contributed by atoms with Crippen molar-refractivity contribution in [2.75, 3.05) is 39.3 Å². The number of alkyl halides is 3. The lowest BCUT2D eigenvalue weighted by Gasteiger charge is -2.34. The van der Waals surface area contributed by atoms with E-state index in [0.717, 1.165) is 4.31 Å². The Labute approximate surface area is 152 Å². The van der Waals surface area contributed by atoms with Crippen LogP contribution in [0.1, 0.15) is 5.56 Å². The largest absolute Gasteiger partial charge is 0.417 e. The van der Waals surface area contributed by atoms with Gasteiger partial charge in [0.1, 0.15) is 0 Å². The Morgan fingerprint density at radius 1 is 1.26 bits per heavy atom. The van der Waals surface area contributed by atoms with Gasteiger partial charge in [-0.05, 0) is 0 Å². The van der Waals surface area contributed by atoms with E-state index in [2.05, 4.69) is 0 Å². The number of nitrogens with zero attached hydrogens (tertiary/aromatic N) is 3. The number of hydrogen-bond donors (Lipinski definition) is 2. The predicted molar refractivity (Wildman–Crippen MR) is 85.2 cm³/mol. The number of halogens is 3. The van der Waals surface area contributed by atoms with Gasteiger partial charge in [0, 0.05) is 50.9 Å². The van der Waals surface area contributed by atoms with E-state index >= 15 is 0 Å². The van der Waals surface area contributed by atoms with Crippen molar-refractivity contribution in [1.82, 2.24) is 9.21 Å². The summed E-state index contributed by atoms with van der Waals surface area (Å²) >= 11 is 0. The van der Waals surface area contributed by atoms with Crippen LogP contribution in [-0.2, 0) is 16.2 Å². The average molecular weight is 412 g/mol. The number of non-ortho nitro benzene ring substituents is 1. The number of sulfonamides is 1. The Hall–Kier alpha value is -1.80. The summed E-state index contributed by atoms with van der Waals surface area (Å²) in [5.74, 6) is 0. The molecular formula is C14H17F3N3O6S. The Morgan fingerprint density at radius 2 is 1.85 bits per heavy atom. The zero-order chi connectivity index (χ0) is 20.4. The zero-order valence-electron chi connectivity index (χ0n) is 13.9. The smallest absolute Gasteiger partial charge is 0.394 e. The molecule has 1 fully saturated rings. The minimum atomic E-state index is -4.99. The van der Waals surface area contributed by atoms with Gasteiger partial charge >= 0.3 is 6.18 Å². The quantitative estimate of drug-likeness (QED) is 0.501. The highest BCUT2D eigenvalue weighted by Gasteiger charge is 2.37. The summed E-state index contributed by atoms with van der Waals surface area (Å²) in [6.07, 6.45) is -5.98. The molecule has 1 radical (unpaired) electrons. The van der Waals surface area contributed by atoms with Crippen LogP contribution in [0.25, 0.3) is 0 Å². The average Bonchev–Trinajstić information content (AvgIpc) is 2.60. The van der Waals surface area contributed by atoms with Crippen LogP contribution < -0.4 is 0 Å². The van der Waals surface area contributed by atoms with Gasteiger partial charge in [0.05, 0.1) is 28.1 Å². The Morgan fingerprint density at radius 3 is 2.33 bits per heavy atom. The van der Waals surface area contributed by atoms with Gasteiger partial charge in [0.2, 0.25) is 10.0 Å². The molecule has 0 saturated carbocycles. The lowest BCUT2D eigenvalue weighted by Crippen LogP contribution is -2.50. The lowest BCUT2D eigenvalue weighted by molar-refractivity contribution is -0.385. The minimum absolute atomic E-state index is 0.0850. The van der Waals surface area contributed by atoms with Gasteiger partial charge in [0.25, 0.3) is 5.69 Å². The molecule has 9 nitrogen and oxygen atoms in total. The van der Waals surface area contributed by atoms with E-state index in [9.17, 15) is 36.8 Å². The van der Waals surface area contributed by atoms with Crippen molar-refractivity contribution in [3.05, 3.63) is 33.9 Å². The van der Waals surface area contributed by atoms with E-state index < -0.39 is 50.0 Å². The number of rotatable bonds is 6. The van der Waals surface area contributed by atoms with Crippen LogP contribution in [0, 0.1) is 16.2 Å². The number of nitro groups is 1. The molecule has 2 N–H and O–H groups in total. The van der Waals surface area contributed by atoms with Crippen molar-refractivity contribution in [2.45, 2.75) is 17.2 Å². The number of hydrogen-bond acceptors (Lipinski definition) is 7. The van der Waals surface area contributed by atoms with Gasteiger partial charge in [-0.25, -0.2) is 8.42 Å². The number of β-amino-alcohol motifs (C(OH)–C–C–N with tert-alkyl or cyclic N) is 1. The van der Waals surface area contributed by atoms with Crippen LogP contribution in [0.2, 0.25) is 0 Å². The van der Waals surface area contributed by atoms with Crippen LogP contribution in [0.15, 0.2) is 17.0 Å². The molecule has 13 heteroatoms. The summed E-state index contributed by atoms with van der Waals surface area (Å²) in [5.41, 5.74) is -2.54. The van der Waals surface area contributed by atoms with Crippen molar-refractivity contribution in [2.24, 2.45) is 0 Å². The summed E-state index contributed by atoms with van der Waals surface area (Å²) in [5, 5.41) is 29.1. The van der Waals surface area contributed by atoms with Crippen molar-refractivity contribution in [1.29, 1.82) is 0 Å². The minimum Gasteiger partial charge on any atom is -0.394 e. The maximum atomic E-state index is 12.9. The third kappa shape index (κ3) is 5.13. The standard InChI is InChI=1S/C14H17F3N3O6S/c15-14(16,17)10-5-11(20(23)24)7-13(6-10)27(25,26)19-3-1-18(2-4-19)8-12(22)9-21/h5,7,12,21-22H,1-4,8-9H2.